The third kappa shape index (κ3) is 1.49. The van der Waals surface area contributed by atoms with Crippen LogP contribution in [0.3, 0.4) is 0 Å². The van der Waals surface area contributed by atoms with Gasteiger partial charge in [0.1, 0.15) is 6.29 Å². The number of carbonyl (C=O) groups excluding carboxylic acids is 3. The lowest BCUT2D eigenvalue weighted by atomic mass is 10.0. The van der Waals surface area contributed by atoms with Gasteiger partial charge in [0.2, 0.25) is 0 Å². The molecule has 0 unspecified atom stereocenters. The van der Waals surface area contributed by atoms with Crippen molar-refractivity contribution in [1.82, 2.24) is 0 Å². The predicted octanol–water partition coefficient (Wildman–Crippen LogP) is 0.993. The lowest BCUT2D eigenvalue weighted by Gasteiger charge is -2.11. The van der Waals surface area contributed by atoms with Gasteiger partial charge < -0.3 is 14.3 Å². The third-order valence-corrected chi connectivity index (χ3v) is 4.26. The van der Waals surface area contributed by atoms with E-state index in [1.165, 1.54) is 25.6 Å². The molecule has 0 aliphatic heterocycles. The smallest absolute Gasteiger partial charge is 0.324 e. The summed E-state index contributed by atoms with van der Waals surface area (Å²) in [7, 11) is 2.39. The largest absolute Gasteiger partial charge is 0.468 e. The first-order chi connectivity index (χ1) is 8.64. The van der Waals surface area contributed by atoms with Crippen LogP contribution in [0.25, 0.3) is 0 Å². The summed E-state index contributed by atoms with van der Waals surface area (Å²) in [6.45, 7) is 0. The van der Waals surface area contributed by atoms with E-state index >= 15 is 0 Å². The highest BCUT2D eigenvalue weighted by molar-refractivity contribution is 7.10. The van der Waals surface area contributed by atoms with Crippen LogP contribution in [0.1, 0.15) is 10.8 Å². The minimum absolute atomic E-state index is 0.477. The van der Waals surface area contributed by atoms with E-state index in [2.05, 4.69) is 9.47 Å². The number of esters is 2. The molecule has 0 N–H and O–H groups in total. The van der Waals surface area contributed by atoms with Gasteiger partial charge in [0, 0.05) is 10.8 Å². The van der Waals surface area contributed by atoms with Gasteiger partial charge in [0.05, 0.1) is 20.1 Å². The summed E-state index contributed by atoms with van der Waals surface area (Å²) in [5.41, 5.74) is -1.50. The molecule has 0 aromatic carbocycles. The molecule has 1 aromatic heterocycles. The van der Waals surface area contributed by atoms with Crippen molar-refractivity contribution < 1.29 is 23.9 Å². The maximum Gasteiger partial charge on any atom is 0.324 e. The van der Waals surface area contributed by atoms with E-state index in [-0.39, 0.29) is 0 Å². The third-order valence-electron chi connectivity index (χ3n) is 3.31. The van der Waals surface area contributed by atoms with Crippen LogP contribution in [0, 0.1) is 11.3 Å². The van der Waals surface area contributed by atoms with Gasteiger partial charge in [-0.3, -0.25) is 9.59 Å². The van der Waals surface area contributed by atoms with Crippen molar-refractivity contribution in [2.24, 2.45) is 11.3 Å². The molecule has 0 amide bonds. The molecule has 0 saturated heterocycles. The molecule has 2 atom stereocenters. The van der Waals surface area contributed by atoms with E-state index in [1.54, 1.807) is 12.1 Å². The van der Waals surface area contributed by atoms with Crippen molar-refractivity contribution in [3.8, 4) is 0 Å². The van der Waals surface area contributed by atoms with Gasteiger partial charge in [-0.15, -0.1) is 11.3 Å². The molecule has 0 spiro atoms. The van der Waals surface area contributed by atoms with Crippen molar-refractivity contribution in [3.05, 3.63) is 22.4 Å². The van der Waals surface area contributed by atoms with Crippen LogP contribution in [0.2, 0.25) is 0 Å². The predicted molar refractivity (Wildman–Crippen MR) is 63.1 cm³/mol. The second kappa shape index (κ2) is 4.53. The van der Waals surface area contributed by atoms with Crippen molar-refractivity contribution in [2.45, 2.75) is 5.92 Å². The first kappa shape index (κ1) is 12.8. The summed E-state index contributed by atoms with van der Waals surface area (Å²) in [5.74, 6) is -2.62. The van der Waals surface area contributed by atoms with E-state index in [9.17, 15) is 14.4 Å². The summed E-state index contributed by atoms with van der Waals surface area (Å²) in [4.78, 5) is 35.7. The van der Waals surface area contributed by atoms with E-state index in [0.717, 1.165) is 4.88 Å². The molecule has 1 aliphatic rings. The Bertz CT molecular complexity index is 463. The van der Waals surface area contributed by atoms with Gasteiger partial charge >= 0.3 is 11.9 Å². The highest BCUT2D eigenvalue weighted by Gasteiger charge is 2.77. The zero-order valence-corrected chi connectivity index (χ0v) is 10.7. The maximum atomic E-state index is 11.9. The fourth-order valence-electron chi connectivity index (χ4n) is 2.42. The van der Waals surface area contributed by atoms with E-state index in [1.807, 2.05) is 5.38 Å². The van der Waals surface area contributed by atoms with Gasteiger partial charge in [-0.1, -0.05) is 6.07 Å². The van der Waals surface area contributed by atoms with Crippen LogP contribution in [0.15, 0.2) is 17.5 Å². The fourth-order valence-corrected chi connectivity index (χ4v) is 3.37. The van der Waals surface area contributed by atoms with E-state index in [0.29, 0.717) is 6.29 Å². The highest BCUT2D eigenvalue weighted by Crippen LogP contribution is 2.65. The number of rotatable bonds is 4. The molecule has 0 bridgehead atoms. The van der Waals surface area contributed by atoms with Crippen molar-refractivity contribution in [1.29, 1.82) is 0 Å². The Labute approximate surface area is 108 Å². The molecule has 1 aromatic rings. The molecule has 1 saturated carbocycles. The summed E-state index contributed by atoms with van der Waals surface area (Å²) in [5, 5.41) is 1.83. The minimum Gasteiger partial charge on any atom is -0.468 e. The van der Waals surface area contributed by atoms with Gasteiger partial charge in [-0.25, -0.2) is 0 Å². The van der Waals surface area contributed by atoms with Gasteiger partial charge in [-0.2, -0.15) is 0 Å². The van der Waals surface area contributed by atoms with Crippen LogP contribution >= 0.6 is 11.3 Å². The lowest BCUT2D eigenvalue weighted by molar-refractivity contribution is -0.162. The normalized spacial score (nSPS) is 24.1. The number of hydrogen-bond donors (Lipinski definition) is 0. The first-order valence-electron chi connectivity index (χ1n) is 5.30. The van der Waals surface area contributed by atoms with Gasteiger partial charge in [0.15, 0.2) is 5.41 Å². The van der Waals surface area contributed by atoms with Crippen LogP contribution in [0.4, 0.5) is 0 Å². The van der Waals surface area contributed by atoms with Crippen LogP contribution < -0.4 is 0 Å². The Balaban J connectivity index is 2.45. The van der Waals surface area contributed by atoms with Crippen LogP contribution in [-0.4, -0.2) is 32.4 Å². The second-order valence-corrected chi connectivity index (χ2v) is 4.99. The zero-order chi connectivity index (χ0) is 13.3. The molecule has 1 aliphatic carbocycles. The summed E-state index contributed by atoms with van der Waals surface area (Å²) >= 11 is 1.40. The quantitative estimate of drug-likeness (QED) is 0.463. The van der Waals surface area contributed by atoms with E-state index in [4.69, 9.17) is 0 Å². The van der Waals surface area contributed by atoms with Crippen molar-refractivity contribution in [3.63, 3.8) is 0 Å². The molecule has 1 fully saturated rings. The minimum atomic E-state index is -1.50. The van der Waals surface area contributed by atoms with Crippen LogP contribution in [0.5, 0.6) is 0 Å². The molecular formula is C12H12O5S. The number of carbonyl (C=O) groups is 3. The molecule has 2 rings (SSSR count). The number of aldehydes is 1. The Hall–Kier alpha value is -1.69. The topological polar surface area (TPSA) is 69.7 Å². The summed E-state index contributed by atoms with van der Waals surface area (Å²) in [6.07, 6.45) is 0.623. The molecule has 6 heteroatoms. The Morgan fingerprint density at radius 2 is 1.94 bits per heavy atom. The van der Waals surface area contributed by atoms with Crippen molar-refractivity contribution in [2.75, 3.05) is 14.2 Å². The summed E-state index contributed by atoms with van der Waals surface area (Å²) < 4.78 is 9.33. The number of thiophene rings is 1. The standard InChI is InChI=1S/C12H12O5S/c1-16-10(14)12(11(15)17-2)7(6-13)9(12)8-4-3-5-18-8/h3-7,9H,1-2H3/t7-,9+/m1/s1. The number of ether oxygens (including phenoxy) is 2. The Morgan fingerprint density at radius 1 is 1.33 bits per heavy atom. The van der Waals surface area contributed by atoms with Crippen LogP contribution in [-0.2, 0) is 23.9 Å². The summed E-state index contributed by atoms with van der Waals surface area (Å²) in [6, 6.07) is 3.60. The SMILES string of the molecule is COC(=O)C1(C(=O)OC)[C@H](C=O)[C@H]1c1cccs1. The lowest BCUT2D eigenvalue weighted by Crippen LogP contribution is -2.31. The number of methoxy groups -OCH3 is 2. The van der Waals surface area contributed by atoms with E-state index < -0.39 is 29.2 Å². The monoisotopic (exact) mass is 268 g/mol. The number of hydrogen-bond acceptors (Lipinski definition) is 6. The highest BCUT2D eigenvalue weighted by atomic mass is 32.1. The second-order valence-electron chi connectivity index (χ2n) is 4.01. The molecule has 5 nitrogen and oxygen atoms in total. The van der Waals surface area contributed by atoms with Gasteiger partial charge in [-0.05, 0) is 11.4 Å². The molecule has 1 heterocycles. The average Bonchev–Trinajstić information content (AvgIpc) is 2.79. The molecule has 0 radical (unpaired) electrons. The first-order valence-corrected chi connectivity index (χ1v) is 6.18. The average molecular weight is 268 g/mol. The fraction of sp³-hybridized carbons (Fsp3) is 0.417. The van der Waals surface area contributed by atoms with Gasteiger partial charge in [0.25, 0.3) is 0 Å². The Kier molecular flexibility index (Phi) is 3.21. The molecule has 96 valence electrons. The van der Waals surface area contributed by atoms with Crippen molar-refractivity contribution >= 4 is 29.6 Å². The molecule has 18 heavy (non-hydrogen) atoms. The zero-order valence-electron chi connectivity index (χ0n) is 9.91. The Morgan fingerprint density at radius 3 is 2.33 bits per heavy atom. The molecular weight excluding hydrogens is 256 g/mol. The maximum absolute atomic E-state index is 11.9.